The van der Waals surface area contributed by atoms with Crippen molar-refractivity contribution >= 4 is 29.1 Å². The lowest BCUT2D eigenvalue weighted by Gasteiger charge is -2.08. The number of fused-ring (bicyclic) bond motifs is 3. The molecular weight excluding hydrogens is 404 g/mol. The third-order valence-corrected chi connectivity index (χ3v) is 6.31. The van der Waals surface area contributed by atoms with E-state index in [2.05, 4.69) is 16.4 Å². The van der Waals surface area contributed by atoms with E-state index in [1.807, 2.05) is 66.9 Å². The Morgan fingerprint density at radius 1 is 0.839 bits per heavy atom. The Hall–Kier alpha value is -3.70. The molecule has 0 aliphatic heterocycles. The number of nitrogens with one attached hydrogen (secondary N) is 1. The summed E-state index contributed by atoms with van der Waals surface area (Å²) in [5, 5.41) is 2.92. The molecule has 0 saturated heterocycles. The van der Waals surface area contributed by atoms with Gasteiger partial charge in [-0.3, -0.25) is 14.6 Å². The summed E-state index contributed by atoms with van der Waals surface area (Å²) in [5.41, 5.74) is 5.42. The molecule has 0 spiro atoms. The third kappa shape index (κ3) is 3.88. The predicted molar refractivity (Wildman–Crippen MR) is 124 cm³/mol. The fourth-order valence-corrected chi connectivity index (χ4v) is 4.49. The van der Waals surface area contributed by atoms with Crippen molar-refractivity contribution in [2.45, 2.75) is 10.6 Å². The molecular formula is C26H18N2O2S. The van der Waals surface area contributed by atoms with E-state index in [1.54, 1.807) is 30.1 Å². The maximum Gasteiger partial charge on any atom is 0.255 e. The van der Waals surface area contributed by atoms with Crippen molar-refractivity contribution < 1.29 is 9.59 Å². The van der Waals surface area contributed by atoms with Crippen molar-refractivity contribution in [2.24, 2.45) is 0 Å². The summed E-state index contributed by atoms with van der Waals surface area (Å²) in [6.07, 6.45) is 3.63. The molecule has 5 rings (SSSR count). The van der Waals surface area contributed by atoms with Crippen LogP contribution in [0.3, 0.4) is 0 Å². The quantitative estimate of drug-likeness (QED) is 0.362. The van der Waals surface area contributed by atoms with Gasteiger partial charge in [-0.1, -0.05) is 36.4 Å². The summed E-state index contributed by atoms with van der Waals surface area (Å²) < 4.78 is 0. The van der Waals surface area contributed by atoms with Crippen molar-refractivity contribution in [2.75, 3.05) is 5.32 Å². The first kappa shape index (κ1) is 19.3. The molecule has 0 bridgehead atoms. The number of pyridine rings is 1. The largest absolute Gasteiger partial charge is 0.322 e. The van der Waals surface area contributed by atoms with Crippen molar-refractivity contribution in [3.8, 4) is 11.1 Å². The number of hydrogen-bond acceptors (Lipinski definition) is 4. The zero-order chi connectivity index (χ0) is 21.2. The smallest absolute Gasteiger partial charge is 0.255 e. The van der Waals surface area contributed by atoms with E-state index in [4.69, 9.17) is 0 Å². The van der Waals surface area contributed by atoms with Crippen molar-refractivity contribution in [3.63, 3.8) is 0 Å². The molecule has 1 aliphatic carbocycles. The topological polar surface area (TPSA) is 59.1 Å². The molecule has 0 atom stereocenters. The Kier molecular flexibility index (Phi) is 5.10. The van der Waals surface area contributed by atoms with Gasteiger partial charge in [0.15, 0.2) is 5.78 Å². The lowest BCUT2D eigenvalue weighted by Crippen LogP contribution is -2.12. The normalized spacial score (nSPS) is 11.7. The van der Waals surface area contributed by atoms with E-state index < -0.39 is 0 Å². The Bertz CT molecular complexity index is 1280. The van der Waals surface area contributed by atoms with E-state index in [0.29, 0.717) is 22.4 Å². The number of hydrogen-bond donors (Lipinski definition) is 1. The summed E-state index contributed by atoms with van der Waals surface area (Å²) in [6.45, 7) is 0. The van der Waals surface area contributed by atoms with Crippen LogP contribution in [0.15, 0.2) is 96.2 Å². The second-order valence-electron chi connectivity index (χ2n) is 7.26. The Balaban J connectivity index is 1.27. The lowest BCUT2D eigenvalue weighted by atomic mass is 10.0. The van der Waals surface area contributed by atoms with Gasteiger partial charge in [-0.2, -0.15) is 0 Å². The number of aromatic nitrogens is 1. The maximum atomic E-state index is 12.8. The molecule has 4 aromatic rings. The molecule has 150 valence electrons. The molecule has 5 heteroatoms. The molecule has 0 radical (unpaired) electrons. The Morgan fingerprint density at radius 3 is 2.39 bits per heavy atom. The molecule has 3 aromatic carbocycles. The Labute approximate surface area is 184 Å². The van der Waals surface area contributed by atoms with Gasteiger partial charge >= 0.3 is 0 Å². The molecule has 1 heterocycles. The van der Waals surface area contributed by atoms with Crippen molar-refractivity contribution in [3.05, 3.63) is 114 Å². The lowest BCUT2D eigenvalue weighted by molar-refractivity contribution is 0.102. The van der Waals surface area contributed by atoms with Gasteiger partial charge in [0.05, 0.1) is 0 Å². The molecule has 1 N–H and O–H groups in total. The standard InChI is InChI=1S/C26H18N2O2S/c29-25-23-6-2-1-5-21(23)22-12-7-18(14-24(22)25)26(30)28-19-8-10-20(11-9-19)31-16-17-4-3-13-27-15-17/h1-15H,16H2,(H,28,30). The van der Waals surface area contributed by atoms with E-state index in [-0.39, 0.29) is 11.7 Å². The molecule has 0 fully saturated rings. The van der Waals surface area contributed by atoms with Gasteiger partial charge in [0.2, 0.25) is 0 Å². The number of anilines is 1. The molecule has 0 saturated carbocycles. The van der Waals surface area contributed by atoms with Crippen LogP contribution in [0.2, 0.25) is 0 Å². The monoisotopic (exact) mass is 422 g/mol. The maximum absolute atomic E-state index is 12.8. The third-order valence-electron chi connectivity index (χ3n) is 5.23. The fraction of sp³-hybridized carbons (Fsp3) is 0.0385. The van der Waals surface area contributed by atoms with E-state index in [9.17, 15) is 9.59 Å². The van der Waals surface area contributed by atoms with E-state index in [0.717, 1.165) is 27.3 Å². The van der Waals surface area contributed by atoms with Crippen LogP contribution in [0.4, 0.5) is 5.69 Å². The summed E-state index contributed by atoms with van der Waals surface area (Å²) >= 11 is 1.72. The minimum atomic E-state index is -0.234. The van der Waals surface area contributed by atoms with Crippen molar-refractivity contribution in [1.82, 2.24) is 4.98 Å². The van der Waals surface area contributed by atoms with E-state index in [1.165, 1.54) is 0 Å². The summed E-state index contributed by atoms with van der Waals surface area (Å²) in [5.74, 6) is 0.572. The van der Waals surface area contributed by atoms with Gasteiger partial charge in [-0.05, 0) is 59.2 Å². The highest BCUT2D eigenvalue weighted by molar-refractivity contribution is 7.98. The first-order chi connectivity index (χ1) is 15.2. The first-order valence-electron chi connectivity index (χ1n) is 9.90. The zero-order valence-electron chi connectivity index (χ0n) is 16.5. The van der Waals surface area contributed by atoms with Gasteiger partial charge in [0.25, 0.3) is 5.91 Å². The average molecular weight is 423 g/mol. The van der Waals surface area contributed by atoms with E-state index >= 15 is 0 Å². The fourth-order valence-electron chi connectivity index (χ4n) is 3.66. The number of amides is 1. The van der Waals surface area contributed by atoms with Crippen LogP contribution >= 0.6 is 11.8 Å². The van der Waals surface area contributed by atoms with Gasteiger partial charge in [-0.15, -0.1) is 11.8 Å². The molecule has 31 heavy (non-hydrogen) atoms. The highest BCUT2D eigenvalue weighted by Crippen LogP contribution is 2.36. The van der Waals surface area contributed by atoms with Crippen LogP contribution in [-0.2, 0) is 5.75 Å². The number of carbonyl (C=O) groups excluding carboxylic acids is 2. The van der Waals surface area contributed by atoms with Crippen LogP contribution in [0.1, 0.15) is 31.8 Å². The second kappa shape index (κ2) is 8.20. The van der Waals surface area contributed by atoms with Crippen LogP contribution < -0.4 is 5.32 Å². The molecule has 1 aromatic heterocycles. The highest BCUT2D eigenvalue weighted by atomic mass is 32.2. The van der Waals surface area contributed by atoms with Crippen LogP contribution in [0.5, 0.6) is 0 Å². The molecule has 1 amide bonds. The highest BCUT2D eigenvalue weighted by Gasteiger charge is 2.27. The minimum Gasteiger partial charge on any atom is -0.322 e. The van der Waals surface area contributed by atoms with Gasteiger partial charge in [0, 0.05) is 45.4 Å². The van der Waals surface area contributed by atoms with Crippen LogP contribution in [0.25, 0.3) is 11.1 Å². The average Bonchev–Trinajstić information content (AvgIpc) is 3.11. The zero-order valence-corrected chi connectivity index (χ0v) is 17.4. The number of rotatable bonds is 5. The van der Waals surface area contributed by atoms with Gasteiger partial charge in [-0.25, -0.2) is 0 Å². The van der Waals surface area contributed by atoms with Crippen molar-refractivity contribution in [1.29, 1.82) is 0 Å². The minimum absolute atomic E-state index is 0.0322. The molecule has 4 nitrogen and oxygen atoms in total. The molecule has 1 aliphatic rings. The number of nitrogens with zero attached hydrogens (tertiary/aromatic N) is 1. The van der Waals surface area contributed by atoms with Gasteiger partial charge in [0.1, 0.15) is 0 Å². The summed E-state index contributed by atoms with van der Waals surface area (Å²) in [4.78, 5) is 30.7. The summed E-state index contributed by atoms with van der Waals surface area (Å²) in [7, 11) is 0. The number of benzene rings is 3. The first-order valence-corrected chi connectivity index (χ1v) is 10.9. The number of carbonyl (C=O) groups is 2. The Morgan fingerprint density at radius 2 is 1.61 bits per heavy atom. The second-order valence-corrected chi connectivity index (χ2v) is 8.31. The number of ketones is 1. The van der Waals surface area contributed by atoms with Crippen LogP contribution in [-0.4, -0.2) is 16.7 Å². The van der Waals surface area contributed by atoms with Crippen LogP contribution in [0, 0.1) is 0 Å². The summed E-state index contributed by atoms with van der Waals surface area (Å²) in [6, 6.07) is 24.6. The molecule has 0 unspecified atom stereocenters. The predicted octanol–water partition coefficient (Wildman–Crippen LogP) is 5.84. The van der Waals surface area contributed by atoms with Gasteiger partial charge < -0.3 is 5.32 Å². The number of thioether (sulfide) groups is 1. The SMILES string of the molecule is O=C(Nc1ccc(SCc2cccnc2)cc1)c1ccc2c(c1)C(=O)c1ccccc1-2.